The minimum atomic E-state index is -2.40. The molecular formula is C26H30Cl5FK2N6O5P2. The first-order chi connectivity index (χ1) is 21.4. The Morgan fingerprint density at radius 3 is 1.70 bits per heavy atom. The number of nitrogens with zero attached hydrogens (tertiary/aromatic N) is 4. The normalized spacial score (nSPS) is 9.98. The third kappa shape index (κ3) is 21.7. The van der Waals surface area contributed by atoms with E-state index >= 15 is 0 Å². The van der Waals surface area contributed by atoms with Crippen LogP contribution in [0, 0.1) is 0 Å². The molecule has 0 aliphatic rings. The summed E-state index contributed by atoms with van der Waals surface area (Å²) in [5, 5.41) is 14.0. The molecule has 11 nitrogen and oxygen atoms in total. The van der Waals surface area contributed by atoms with Crippen molar-refractivity contribution < 1.29 is 134 Å². The van der Waals surface area contributed by atoms with Gasteiger partial charge in [0.15, 0.2) is 11.0 Å². The van der Waals surface area contributed by atoms with E-state index in [9.17, 15) is 13.5 Å². The second-order valence-corrected chi connectivity index (χ2v) is 16.9. The predicted molar refractivity (Wildman–Crippen MR) is 183 cm³/mol. The molecule has 0 saturated heterocycles. The molecule has 2 aromatic heterocycles. The number of nitrogens with one attached hydrogen (secondary N) is 1. The summed E-state index contributed by atoms with van der Waals surface area (Å²) in [6, 6.07) is 14.6. The molecule has 0 bridgehead atoms. The van der Waals surface area contributed by atoms with Crippen molar-refractivity contribution in [1.29, 1.82) is 0 Å². The number of anilines is 3. The van der Waals surface area contributed by atoms with Crippen LogP contribution in [0.4, 0.5) is 21.6 Å². The molecule has 2 aromatic carbocycles. The Balaban J connectivity index is -0.000000291. The molecule has 3 N–H and O–H groups in total. The molecule has 4 aromatic rings. The first-order valence-electron chi connectivity index (χ1n) is 12.5. The van der Waals surface area contributed by atoms with Crippen molar-refractivity contribution in [2.45, 2.75) is 0 Å². The maximum absolute atomic E-state index is 12.2. The molecule has 0 unspecified atom stereocenters. The van der Waals surface area contributed by atoms with E-state index in [0.29, 0.717) is 27.2 Å². The van der Waals surface area contributed by atoms with Crippen LogP contribution in [0.2, 0.25) is 25.8 Å². The van der Waals surface area contributed by atoms with Gasteiger partial charge in [-0.25, -0.2) is 15.0 Å². The van der Waals surface area contributed by atoms with Crippen LogP contribution >= 0.6 is 72.3 Å². The van der Waals surface area contributed by atoms with E-state index < -0.39 is 21.4 Å². The van der Waals surface area contributed by atoms with Gasteiger partial charge < -0.3 is 31.8 Å². The molecule has 0 saturated carbocycles. The topological polar surface area (TPSA) is 173 Å². The Labute approximate surface area is 386 Å². The first kappa shape index (κ1) is 49.9. The second-order valence-electron chi connectivity index (χ2n) is 8.71. The van der Waals surface area contributed by atoms with Crippen molar-refractivity contribution in [3.63, 3.8) is 0 Å². The maximum Gasteiger partial charge on any atom is 1.00 e. The molecule has 21 heteroatoms. The zero-order valence-electron chi connectivity index (χ0n) is 28.1. The van der Waals surface area contributed by atoms with Gasteiger partial charge in [0.1, 0.15) is 19.3 Å². The summed E-state index contributed by atoms with van der Waals surface area (Å²) < 4.78 is 39.3. The van der Waals surface area contributed by atoms with E-state index in [1.54, 1.807) is 32.7 Å². The number of halogens is 6. The summed E-state index contributed by atoms with van der Waals surface area (Å²) in [4.78, 5) is 26.2. The van der Waals surface area contributed by atoms with Crippen LogP contribution in [-0.4, -0.2) is 60.2 Å². The van der Waals surface area contributed by atoms with E-state index in [1.807, 2.05) is 42.5 Å². The van der Waals surface area contributed by atoms with Crippen LogP contribution in [0.1, 0.15) is 2.80 Å². The van der Waals surface area contributed by atoms with Gasteiger partial charge in [0.05, 0.1) is 31.6 Å². The molecule has 0 aliphatic heterocycles. The zero-order valence-corrected chi connectivity index (χ0v) is 37.9. The monoisotopic (exact) mass is 841 g/mol. The maximum atomic E-state index is 12.2. The van der Waals surface area contributed by atoms with Crippen LogP contribution < -0.4 is 130 Å². The van der Waals surface area contributed by atoms with Crippen LogP contribution in [0.3, 0.4) is 0 Å². The minimum Gasteiger partial charge on any atom is -1.00 e. The van der Waals surface area contributed by atoms with Crippen molar-refractivity contribution in [1.82, 2.24) is 19.9 Å². The molecule has 47 heavy (non-hydrogen) atoms. The van der Waals surface area contributed by atoms with Gasteiger partial charge in [0.25, 0.3) is 6.47 Å². The fourth-order valence-corrected chi connectivity index (χ4v) is 5.88. The van der Waals surface area contributed by atoms with Gasteiger partial charge in [-0.05, 0) is 74.1 Å². The number of nitrogens with two attached hydrogens (primary N) is 1. The Kier molecular flexibility index (Phi) is 29.1. The van der Waals surface area contributed by atoms with Gasteiger partial charge in [-0.15, -0.1) is 0 Å². The number of nitrogen functional groups attached to an aromatic ring is 1. The third-order valence-corrected chi connectivity index (χ3v) is 9.10. The summed E-state index contributed by atoms with van der Waals surface area (Å²) >= 11 is 28.0. The van der Waals surface area contributed by atoms with E-state index in [2.05, 4.69) is 30.1 Å². The largest absolute Gasteiger partial charge is 1.00 e. The summed E-state index contributed by atoms with van der Waals surface area (Å²) in [6.45, 7) is 6.68. The number of aromatic nitrogens is 4. The Morgan fingerprint density at radius 2 is 1.30 bits per heavy atom. The number of benzene rings is 2. The number of hydrogen-bond acceptors (Lipinski definition) is 11. The summed E-state index contributed by atoms with van der Waals surface area (Å²) in [6.07, 6.45) is 2.76. The van der Waals surface area contributed by atoms with Gasteiger partial charge >= 0.3 is 103 Å². The Morgan fingerprint density at radius 1 is 0.872 bits per heavy atom. The standard InChI is InChI=1S/C12H12Cl2N3OP.C8H12NOP.C4HCl3N2.CH3F.CH2O3.2K.H/c1-19(2,18)10-6-4-3-5-9(10)16-11-8(13)7-15-12(14)17-11;1-11(2,10)8-6-4-3-5-7(8)9;5-2-1-8-4(7)9-3(2)6;1-2;2-1-4-3;;;/h3-7H,1-2H3,(H,15,16,17);3-6H,9H2,1-2H3;1H;1H3;1,3H;;;/q;;;;;2*+1;-1/p-1/i;;;1D;;;;. The van der Waals surface area contributed by atoms with Gasteiger partial charge in [0, 0.05) is 16.3 Å². The van der Waals surface area contributed by atoms with Crippen LogP contribution in [0.5, 0.6) is 0 Å². The van der Waals surface area contributed by atoms with E-state index in [-0.39, 0.29) is 126 Å². The van der Waals surface area contributed by atoms with Gasteiger partial charge in [-0.3, -0.25) is 9.18 Å². The van der Waals surface area contributed by atoms with Crippen molar-refractivity contribution in [3.05, 3.63) is 86.7 Å². The summed E-state index contributed by atoms with van der Waals surface area (Å²) in [7, 11) is -5.58. The van der Waals surface area contributed by atoms with Crippen molar-refractivity contribution in [2.24, 2.45) is 0 Å². The predicted octanol–water partition coefficient (Wildman–Crippen LogP) is 0.869. The van der Waals surface area contributed by atoms with Crippen LogP contribution in [0.15, 0.2) is 60.9 Å². The zero-order chi connectivity index (χ0) is 35.5. The fourth-order valence-electron chi connectivity index (χ4n) is 2.91. The van der Waals surface area contributed by atoms with Gasteiger partial charge in [-0.2, -0.15) is 4.98 Å². The minimum absolute atomic E-state index is 0. The van der Waals surface area contributed by atoms with Gasteiger partial charge in [-0.1, -0.05) is 59.1 Å². The van der Waals surface area contributed by atoms with E-state index in [1.165, 1.54) is 12.4 Å². The van der Waals surface area contributed by atoms with Crippen molar-refractivity contribution in [2.75, 3.05) is 44.9 Å². The van der Waals surface area contributed by atoms with Crippen molar-refractivity contribution in [3.8, 4) is 0 Å². The molecule has 2 heterocycles. The quantitative estimate of drug-likeness (QED) is 0.0427. The average Bonchev–Trinajstić information content (AvgIpc) is 2.98. The third-order valence-electron chi connectivity index (χ3n) is 4.68. The van der Waals surface area contributed by atoms with Crippen LogP contribution in [0.25, 0.3) is 0 Å². The number of carbonyl (C=O) groups is 1. The second kappa shape index (κ2) is 27.4. The van der Waals surface area contributed by atoms with Crippen LogP contribution in [-0.2, 0) is 18.8 Å². The Hall–Kier alpha value is 0.743. The number of carbonyl (C=O) groups excluding carboxylic acids is 1. The molecule has 0 fully saturated rings. The summed E-state index contributed by atoms with van der Waals surface area (Å²) in [5.74, 6) is 0.391. The molecule has 4 rings (SSSR count). The molecular weight excluding hydrogens is 813 g/mol. The number of rotatable bonds is 5. The van der Waals surface area contributed by atoms with Crippen molar-refractivity contribution >= 4 is 107 Å². The van der Waals surface area contributed by atoms with Gasteiger partial charge in [0.2, 0.25) is 10.6 Å². The number of para-hydroxylation sites is 2. The fraction of sp³-hybridized carbons (Fsp3) is 0.192. The number of alkyl halides is 1. The molecule has 248 valence electrons. The Bertz CT molecular complexity index is 1660. The number of hydrogen-bond donors (Lipinski definition) is 2. The molecule has 0 aliphatic carbocycles. The smallest absolute Gasteiger partial charge is 1.00 e. The average molecular weight is 844 g/mol. The SMILES string of the molecule is CP(C)(=O)c1ccccc1N.CP(C)(=O)c1ccccc1Nc1nc(Cl)ncc1Cl.Clc1ncc(Cl)c(Cl)n1.O=CO[O-].[2H]CF.[H-].[K+].[K+]. The molecule has 0 amide bonds. The molecule has 0 atom stereocenters. The summed E-state index contributed by atoms with van der Waals surface area (Å²) in [5.41, 5.74) is 6.96. The molecule has 0 radical (unpaired) electrons. The molecule has 0 spiro atoms. The van der Waals surface area contributed by atoms with E-state index in [0.717, 1.165) is 10.6 Å². The first-order valence-corrected chi connectivity index (χ1v) is 18.9. The van der Waals surface area contributed by atoms with E-state index in [4.69, 9.17) is 75.2 Å².